The van der Waals surface area contributed by atoms with Gasteiger partial charge >= 0.3 is 6.18 Å². The smallest absolute Gasteiger partial charge is 0.298 e. The Morgan fingerprint density at radius 3 is 2.53 bits per heavy atom. The van der Waals surface area contributed by atoms with Crippen molar-refractivity contribution >= 4 is 17.9 Å². The lowest BCUT2D eigenvalue weighted by atomic mass is 10.1. The van der Waals surface area contributed by atoms with E-state index in [1.165, 1.54) is 24.4 Å². The fourth-order valence-electron chi connectivity index (χ4n) is 1.57. The molecular formula is C13H7ClF3NO. The van der Waals surface area contributed by atoms with Crippen molar-refractivity contribution in [1.29, 1.82) is 0 Å². The second-order valence-electron chi connectivity index (χ2n) is 3.80. The van der Waals surface area contributed by atoms with Crippen molar-refractivity contribution < 1.29 is 18.0 Å². The molecule has 1 aromatic heterocycles. The average Bonchev–Trinajstić information content (AvgIpc) is 2.37. The van der Waals surface area contributed by atoms with Crippen molar-refractivity contribution in [1.82, 2.24) is 4.98 Å². The van der Waals surface area contributed by atoms with Gasteiger partial charge in [-0.3, -0.25) is 9.78 Å². The molecule has 0 unspecified atom stereocenters. The Morgan fingerprint density at radius 1 is 1.21 bits per heavy atom. The van der Waals surface area contributed by atoms with Gasteiger partial charge in [0.15, 0.2) is 6.29 Å². The first-order valence-electron chi connectivity index (χ1n) is 5.20. The molecule has 0 atom stereocenters. The van der Waals surface area contributed by atoms with Crippen molar-refractivity contribution in [2.75, 3.05) is 0 Å². The number of hydrogen-bond acceptors (Lipinski definition) is 2. The van der Waals surface area contributed by atoms with Crippen molar-refractivity contribution in [2.24, 2.45) is 0 Å². The number of aldehydes is 1. The summed E-state index contributed by atoms with van der Waals surface area (Å²) in [5, 5.41) is 0.129. The topological polar surface area (TPSA) is 30.0 Å². The second kappa shape index (κ2) is 5.01. The molecule has 0 bridgehead atoms. The molecule has 2 rings (SSSR count). The van der Waals surface area contributed by atoms with Gasteiger partial charge in [-0.1, -0.05) is 23.7 Å². The van der Waals surface area contributed by atoms with Gasteiger partial charge in [-0.2, -0.15) is 13.2 Å². The van der Waals surface area contributed by atoms with E-state index < -0.39 is 11.7 Å². The van der Waals surface area contributed by atoms with Crippen LogP contribution in [0.1, 0.15) is 15.9 Å². The molecule has 0 fully saturated rings. The first kappa shape index (κ1) is 13.5. The predicted molar refractivity (Wildman–Crippen MR) is 65.1 cm³/mol. The third kappa shape index (κ3) is 2.93. The summed E-state index contributed by atoms with van der Waals surface area (Å²) < 4.78 is 37.8. The van der Waals surface area contributed by atoms with Crippen molar-refractivity contribution in [3.8, 4) is 11.3 Å². The lowest BCUT2D eigenvalue weighted by Crippen LogP contribution is -2.04. The Morgan fingerprint density at radius 2 is 1.95 bits per heavy atom. The zero-order valence-electron chi connectivity index (χ0n) is 9.41. The first-order chi connectivity index (χ1) is 8.91. The van der Waals surface area contributed by atoms with Gasteiger partial charge in [0.2, 0.25) is 0 Å². The van der Waals surface area contributed by atoms with Crippen LogP contribution in [0.3, 0.4) is 0 Å². The number of alkyl halides is 3. The normalized spacial score (nSPS) is 11.4. The van der Waals surface area contributed by atoms with Gasteiger partial charge in [-0.05, 0) is 18.2 Å². The summed E-state index contributed by atoms with van der Waals surface area (Å²) in [6.45, 7) is 0. The number of carbonyl (C=O) groups excluding carboxylic acids is 1. The molecule has 2 nitrogen and oxygen atoms in total. The SMILES string of the molecule is O=Cc1cnc(-c2cccc(C(F)(F)F)c2)c(Cl)c1. The number of aromatic nitrogens is 1. The Bertz CT molecular complexity index is 626. The molecule has 0 saturated heterocycles. The van der Waals surface area contributed by atoms with Crippen LogP contribution in [0, 0.1) is 0 Å². The molecular weight excluding hydrogens is 279 g/mol. The number of nitrogens with zero attached hydrogens (tertiary/aromatic N) is 1. The summed E-state index contributed by atoms with van der Waals surface area (Å²) in [6.07, 6.45) is -2.60. The molecule has 0 saturated carbocycles. The molecule has 1 aromatic carbocycles. The van der Waals surface area contributed by atoms with E-state index in [2.05, 4.69) is 4.98 Å². The van der Waals surface area contributed by atoms with Crippen LogP contribution in [-0.2, 0) is 6.18 Å². The number of pyridine rings is 1. The third-order valence-electron chi connectivity index (χ3n) is 2.46. The van der Waals surface area contributed by atoms with E-state index in [0.29, 0.717) is 6.29 Å². The quantitative estimate of drug-likeness (QED) is 0.773. The van der Waals surface area contributed by atoms with E-state index in [-0.39, 0.29) is 21.8 Å². The molecule has 0 amide bonds. The van der Waals surface area contributed by atoms with Crippen LogP contribution < -0.4 is 0 Å². The lowest BCUT2D eigenvalue weighted by Gasteiger charge is -2.09. The van der Waals surface area contributed by atoms with Crippen LogP contribution in [0.4, 0.5) is 13.2 Å². The van der Waals surface area contributed by atoms with Crippen LogP contribution in [0.15, 0.2) is 36.5 Å². The van der Waals surface area contributed by atoms with Crippen molar-refractivity contribution in [3.63, 3.8) is 0 Å². The van der Waals surface area contributed by atoms with E-state index in [1.807, 2.05) is 0 Å². The molecule has 0 N–H and O–H groups in total. The van der Waals surface area contributed by atoms with Crippen LogP contribution in [0.5, 0.6) is 0 Å². The minimum Gasteiger partial charge on any atom is -0.298 e. The average molecular weight is 286 g/mol. The van der Waals surface area contributed by atoms with Crippen molar-refractivity contribution in [3.05, 3.63) is 52.7 Å². The van der Waals surface area contributed by atoms with Crippen LogP contribution >= 0.6 is 11.6 Å². The summed E-state index contributed by atoms with van der Waals surface area (Å²) in [5.74, 6) is 0. The number of hydrogen-bond donors (Lipinski definition) is 0. The molecule has 6 heteroatoms. The summed E-state index contributed by atoms with van der Waals surface area (Å²) in [4.78, 5) is 14.5. The van der Waals surface area contributed by atoms with E-state index in [9.17, 15) is 18.0 Å². The summed E-state index contributed by atoms with van der Waals surface area (Å²) in [5.41, 5.74) is -0.0568. The zero-order chi connectivity index (χ0) is 14.0. The lowest BCUT2D eigenvalue weighted by molar-refractivity contribution is -0.137. The minimum atomic E-state index is -4.43. The summed E-state index contributed by atoms with van der Waals surface area (Å²) in [6, 6.07) is 6.05. The van der Waals surface area contributed by atoms with E-state index in [4.69, 9.17) is 11.6 Å². The highest BCUT2D eigenvalue weighted by Crippen LogP contribution is 2.33. The molecule has 0 aliphatic carbocycles. The summed E-state index contributed by atoms with van der Waals surface area (Å²) >= 11 is 5.91. The number of rotatable bonds is 2. The standard InChI is InChI=1S/C13H7ClF3NO/c14-11-4-8(7-19)6-18-12(11)9-2-1-3-10(5-9)13(15,16)17/h1-7H. The number of halogens is 4. The molecule has 0 aliphatic heterocycles. The van der Waals surface area contributed by atoms with Gasteiger partial charge in [0.1, 0.15) is 0 Å². The molecule has 98 valence electrons. The van der Waals surface area contributed by atoms with Gasteiger partial charge in [0.25, 0.3) is 0 Å². The Hall–Kier alpha value is -1.88. The van der Waals surface area contributed by atoms with Gasteiger partial charge in [-0.25, -0.2) is 0 Å². The van der Waals surface area contributed by atoms with Crippen LogP contribution in [-0.4, -0.2) is 11.3 Å². The minimum absolute atomic E-state index is 0.129. The zero-order valence-corrected chi connectivity index (χ0v) is 10.2. The molecule has 19 heavy (non-hydrogen) atoms. The van der Waals surface area contributed by atoms with E-state index in [0.717, 1.165) is 12.1 Å². The monoisotopic (exact) mass is 285 g/mol. The maximum absolute atomic E-state index is 12.6. The molecule has 0 spiro atoms. The second-order valence-corrected chi connectivity index (χ2v) is 4.20. The maximum atomic E-state index is 12.6. The van der Waals surface area contributed by atoms with Gasteiger partial charge in [0, 0.05) is 17.3 Å². The highest BCUT2D eigenvalue weighted by Gasteiger charge is 2.30. The maximum Gasteiger partial charge on any atom is 0.416 e. The van der Waals surface area contributed by atoms with E-state index >= 15 is 0 Å². The largest absolute Gasteiger partial charge is 0.416 e. The Balaban J connectivity index is 2.50. The fraction of sp³-hybridized carbons (Fsp3) is 0.0769. The summed E-state index contributed by atoms with van der Waals surface area (Å²) in [7, 11) is 0. The first-order valence-corrected chi connectivity index (χ1v) is 5.58. The third-order valence-corrected chi connectivity index (χ3v) is 2.75. The molecule has 2 aromatic rings. The fourth-order valence-corrected chi connectivity index (χ4v) is 1.86. The molecule has 1 heterocycles. The number of benzene rings is 1. The van der Waals surface area contributed by atoms with Gasteiger partial charge in [0.05, 0.1) is 16.3 Å². The Labute approximate surface area is 111 Å². The van der Waals surface area contributed by atoms with Crippen LogP contribution in [0.25, 0.3) is 11.3 Å². The highest BCUT2D eigenvalue weighted by molar-refractivity contribution is 6.33. The van der Waals surface area contributed by atoms with Crippen LogP contribution in [0.2, 0.25) is 5.02 Å². The van der Waals surface area contributed by atoms with Gasteiger partial charge < -0.3 is 0 Å². The number of carbonyl (C=O) groups is 1. The molecule has 0 aliphatic rings. The van der Waals surface area contributed by atoms with Crippen molar-refractivity contribution in [2.45, 2.75) is 6.18 Å². The predicted octanol–water partition coefficient (Wildman–Crippen LogP) is 4.23. The molecule has 0 radical (unpaired) electrons. The Kier molecular flexibility index (Phi) is 3.57. The highest BCUT2D eigenvalue weighted by atomic mass is 35.5. The van der Waals surface area contributed by atoms with Gasteiger partial charge in [-0.15, -0.1) is 0 Å². The van der Waals surface area contributed by atoms with E-state index in [1.54, 1.807) is 0 Å².